The number of hydrogen-bond donors (Lipinski definition) is 1. The highest BCUT2D eigenvalue weighted by molar-refractivity contribution is 9.10. The Kier molecular flexibility index (Phi) is 5.91. The quantitative estimate of drug-likeness (QED) is 0.817. The lowest BCUT2D eigenvalue weighted by atomic mass is 10.1. The van der Waals surface area contributed by atoms with Crippen LogP contribution in [0.1, 0.15) is 11.1 Å². The van der Waals surface area contributed by atoms with E-state index in [9.17, 15) is 0 Å². The summed E-state index contributed by atoms with van der Waals surface area (Å²) in [7, 11) is 3.27. The molecule has 0 aromatic heterocycles. The standard InChI is InChI=1S/C16H17BrClNO2/c1-20-15-8-7-13(17)12(16(15)21-2)10-19-9-11-5-3-4-6-14(11)18/h3-8,19H,9-10H2,1-2H3. The lowest BCUT2D eigenvalue weighted by Crippen LogP contribution is -2.14. The predicted octanol–water partition coefficient (Wildman–Crippen LogP) is 4.41. The van der Waals surface area contributed by atoms with Gasteiger partial charge in [0.2, 0.25) is 0 Å². The third kappa shape index (κ3) is 3.90. The van der Waals surface area contributed by atoms with E-state index < -0.39 is 0 Å². The Morgan fingerprint density at radius 2 is 1.81 bits per heavy atom. The van der Waals surface area contributed by atoms with Crippen molar-refractivity contribution in [1.29, 1.82) is 0 Å². The van der Waals surface area contributed by atoms with Crippen LogP contribution in [-0.4, -0.2) is 14.2 Å². The molecule has 3 nitrogen and oxygen atoms in total. The van der Waals surface area contributed by atoms with Crippen molar-refractivity contribution in [2.45, 2.75) is 13.1 Å². The van der Waals surface area contributed by atoms with Crippen LogP contribution in [0.2, 0.25) is 5.02 Å². The van der Waals surface area contributed by atoms with E-state index in [4.69, 9.17) is 21.1 Å². The van der Waals surface area contributed by atoms with Gasteiger partial charge in [0.25, 0.3) is 0 Å². The van der Waals surface area contributed by atoms with Gasteiger partial charge in [0.05, 0.1) is 14.2 Å². The van der Waals surface area contributed by atoms with Crippen molar-refractivity contribution in [2.24, 2.45) is 0 Å². The fraction of sp³-hybridized carbons (Fsp3) is 0.250. The summed E-state index contributed by atoms with van der Waals surface area (Å²) in [4.78, 5) is 0. The molecule has 0 aliphatic heterocycles. The molecule has 0 saturated carbocycles. The number of benzene rings is 2. The van der Waals surface area contributed by atoms with Crippen molar-refractivity contribution in [3.8, 4) is 11.5 Å². The molecular formula is C16H17BrClNO2. The molecular weight excluding hydrogens is 354 g/mol. The van der Waals surface area contributed by atoms with Gasteiger partial charge in [0.1, 0.15) is 0 Å². The monoisotopic (exact) mass is 369 g/mol. The van der Waals surface area contributed by atoms with Crippen molar-refractivity contribution in [1.82, 2.24) is 5.32 Å². The summed E-state index contributed by atoms with van der Waals surface area (Å²) in [5, 5.41) is 4.14. The second-order valence-electron chi connectivity index (χ2n) is 4.46. The molecule has 112 valence electrons. The summed E-state index contributed by atoms with van der Waals surface area (Å²) in [5.74, 6) is 1.45. The number of methoxy groups -OCH3 is 2. The Balaban J connectivity index is 2.11. The molecule has 0 bridgehead atoms. The molecule has 0 radical (unpaired) electrons. The summed E-state index contributed by atoms with van der Waals surface area (Å²) < 4.78 is 11.8. The molecule has 0 aliphatic carbocycles. The van der Waals surface area contributed by atoms with E-state index >= 15 is 0 Å². The van der Waals surface area contributed by atoms with Crippen LogP contribution in [0.15, 0.2) is 40.9 Å². The SMILES string of the molecule is COc1ccc(Br)c(CNCc2ccccc2Cl)c1OC. The van der Waals surface area contributed by atoms with Gasteiger partial charge in [-0.15, -0.1) is 0 Å². The highest BCUT2D eigenvalue weighted by Crippen LogP contribution is 2.35. The van der Waals surface area contributed by atoms with Crippen LogP contribution in [0, 0.1) is 0 Å². The molecule has 0 saturated heterocycles. The summed E-state index contributed by atoms with van der Waals surface area (Å²) in [6.07, 6.45) is 0. The minimum absolute atomic E-state index is 0.645. The Morgan fingerprint density at radius 3 is 2.48 bits per heavy atom. The van der Waals surface area contributed by atoms with Crippen LogP contribution in [0.4, 0.5) is 0 Å². The maximum Gasteiger partial charge on any atom is 0.166 e. The first-order chi connectivity index (χ1) is 10.2. The first kappa shape index (κ1) is 16.1. The number of hydrogen-bond acceptors (Lipinski definition) is 3. The Hall–Kier alpha value is -1.23. The molecule has 0 atom stereocenters. The molecule has 1 N–H and O–H groups in total. The molecule has 0 heterocycles. The minimum atomic E-state index is 0.645. The van der Waals surface area contributed by atoms with Crippen molar-refractivity contribution in [2.75, 3.05) is 14.2 Å². The van der Waals surface area contributed by atoms with Gasteiger partial charge in [-0.05, 0) is 23.8 Å². The fourth-order valence-electron chi connectivity index (χ4n) is 2.10. The fourth-order valence-corrected chi connectivity index (χ4v) is 2.75. The number of nitrogens with one attached hydrogen (secondary N) is 1. The lowest BCUT2D eigenvalue weighted by molar-refractivity contribution is 0.350. The van der Waals surface area contributed by atoms with Gasteiger partial charge in [-0.25, -0.2) is 0 Å². The average molecular weight is 371 g/mol. The maximum atomic E-state index is 6.15. The van der Waals surface area contributed by atoms with Gasteiger partial charge >= 0.3 is 0 Å². The highest BCUT2D eigenvalue weighted by Gasteiger charge is 2.13. The smallest absolute Gasteiger partial charge is 0.166 e. The molecule has 2 aromatic carbocycles. The van der Waals surface area contributed by atoms with E-state index in [0.29, 0.717) is 13.1 Å². The normalized spacial score (nSPS) is 10.5. The Morgan fingerprint density at radius 1 is 1.05 bits per heavy atom. The summed E-state index contributed by atoms with van der Waals surface area (Å²) in [5.41, 5.74) is 2.08. The lowest BCUT2D eigenvalue weighted by Gasteiger charge is -2.15. The van der Waals surface area contributed by atoms with Gasteiger partial charge in [-0.3, -0.25) is 0 Å². The van der Waals surface area contributed by atoms with Crippen molar-refractivity contribution < 1.29 is 9.47 Å². The molecule has 21 heavy (non-hydrogen) atoms. The van der Waals surface area contributed by atoms with E-state index in [1.54, 1.807) is 14.2 Å². The van der Waals surface area contributed by atoms with Crippen molar-refractivity contribution in [3.63, 3.8) is 0 Å². The Labute approximate surface area is 138 Å². The highest BCUT2D eigenvalue weighted by atomic mass is 79.9. The minimum Gasteiger partial charge on any atom is -0.493 e. The van der Waals surface area contributed by atoms with E-state index in [0.717, 1.165) is 32.1 Å². The molecule has 2 rings (SSSR count). The second-order valence-corrected chi connectivity index (χ2v) is 5.72. The van der Waals surface area contributed by atoms with Crippen LogP contribution in [0.5, 0.6) is 11.5 Å². The zero-order valence-corrected chi connectivity index (χ0v) is 14.3. The van der Waals surface area contributed by atoms with Gasteiger partial charge in [-0.1, -0.05) is 45.7 Å². The Bertz CT molecular complexity index is 619. The number of rotatable bonds is 6. The number of ether oxygens (including phenoxy) is 2. The largest absolute Gasteiger partial charge is 0.493 e. The van der Waals surface area contributed by atoms with E-state index in [1.807, 2.05) is 36.4 Å². The van der Waals surface area contributed by atoms with Crippen molar-refractivity contribution in [3.05, 3.63) is 57.0 Å². The molecule has 0 spiro atoms. The summed E-state index contributed by atoms with van der Waals surface area (Å²) >= 11 is 9.70. The molecule has 0 unspecified atom stereocenters. The van der Waals surface area contributed by atoms with Gasteiger partial charge < -0.3 is 14.8 Å². The van der Waals surface area contributed by atoms with E-state index in [1.165, 1.54) is 0 Å². The first-order valence-electron chi connectivity index (χ1n) is 6.50. The van der Waals surface area contributed by atoms with Crippen LogP contribution in [0.25, 0.3) is 0 Å². The van der Waals surface area contributed by atoms with Gasteiger partial charge in [0, 0.05) is 28.1 Å². The van der Waals surface area contributed by atoms with Crippen LogP contribution < -0.4 is 14.8 Å². The van der Waals surface area contributed by atoms with E-state index in [2.05, 4.69) is 21.2 Å². The predicted molar refractivity (Wildman–Crippen MR) is 89.2 cm³/mol. The summed E-state index contributed by atoms with van der Waals surface area (Å²) in [6.45, 7) is 1.33. The second kappa shape index (κ2) is 7.69. The zero-order valence-electron chi connectivity index (χ0n) is 12.0. The molecule has 5 heteroatoms. The topological polar surface area (TPSA) is 30.5 Å². The molecule has 0 aliphatic rings. The van der Waals surface area contributed by atoms with E-state index in [-0.39, 0.29) is 0 Å². The zero-order chi connectivity index (χ0) is 15.2. The van der Waals surface area contributed by atoms with Crippen molar-refractivity contribution >= 4 is 27.5 Å². The number of halogens is 2. The molecule has 2 aromatic rings. The maximum absolute atomic E-state index is 6.15. The van der Waals surface area contributed by atoms with Crippen LogP contribution in [-0.2, 0) is 13.1 Å². The van der Waals surface area contributed by atoms with Gasteiger partial charge in [0.15, 0.2) is 11.5 Å². The average Bonchev–Trinajstić information content (AvgIpc) is 2.50. The third-order valence-electron chi connectivity index (χ3n) is 3.17. The molecule has 0 fully saturated rings. The van der Waals surface area contributed by atoms with Gasteiger partial charge in [-0.2, -0.15) is 0 Å². The van der Waals surface area contributed by atoms with Crippen LogP contribution in [0.3, 0.4) is 0 Å². The third-order valence-corrected chi connectivity index (χ3v) is 4.28. The summed E-state index contributed by atoms with van der Waals surface area (Å²) in [6, 6.07) is 11.6. The van der Waals surface area contributed by atoms with Crippen LogP contribution >= 0.6 is 27.5 Å². The molecule has 0 amide bonds. The first-order valence-corrected chi connectivity index (χ1v) is 7.68.